The molecule has 1 amide bonds. The summed E-state index contributed by atoms with van der Waals surface area (Å²) in [5.41, 5.74) is 6.22. The van der Waals surface area contributed by atoms with E-state index in [2.05, 4.69) is 0 Å². The first-order valence-electron chi connectivity index (χ1n) is 12.0. The predicted octanol–water partition coefficient (Wildman–Crippen LogP) is 6.50. The highest BCUT2D eigenvalue weighted by Gasteiger charge is 2.13. The lowest BCUT2D eigenvalue weighted by molar-refractivity contribution is -0.118. The van der Waals surface area contributed by atoms with Crippen molar-refractivity contribution in [3.8, 4) is 0 Å². The number of unbranched alkanes of at least 4 members (excludes halogenated alkanes) is 14. The number of aryl methyl sites for hydroxylation is 1. The first kappa shape index (κ1) is 26.7. The number of nitrogens with two attached hydrogens (primary N) is 1. The van der Waals surface area contributed by atoms with Crippen LogP contribution in [0.2, 0.25) is 0 Å². The Kier molecular flexibility index (Phi) is 14.5. The molecule has 1 aromatic carbocycles. The molecule has 0 radical (unpaired) electrons. The van der Waals surface area contributed by atoms with Crippen LogP contribution in [0.15, 0.2) is 29.2 Å². The van der Waals surface area contributed by atoms with Crippen molar-refractivity contribution in [1.82, 2.24) is 0 Å². The van der Waals surface area contributed by atoms with Crippen LogP contribution >= 0.6 is 0 Å². The van der Waals surface area contributed by atoms with Gasteiger partial charge in [-0.25, -0.2) is 8.42 Å². The molecule has 0 saturated carbocycles. The lowest BCUT2D eigenvalue weighted by Crippen LogP contribution is -2.09. The molecule has 5 heteroatoms. The second kappa shape index (κ2) is 16.3. The molecule has 0 aliphatic rings. The number of sulfone groups is 1. The second-order valence-corrected chi connectivity index (χ2v) is 10.8. The molecule has 1 rings (SSSR count). The Balaban J connectivity index is 1.85. The summed E-state index contributed by atoms with van der Waals surface area (Å²) in [5, 5.41) is 0. The maximum Gasteiger partial charge on any atom is 0.217 e. The van der Waals surface area contributed by atoms with Gasteiger partial charge in [0.05, 0.1) is 10.6 Å². The van der Waals surface area contributed by atoms with E-state index in [9.17, 15) is 13.2 Å². The van der Waals surface area contributed by atoms with Gasteiger partial charge in [0.2, 0.25) is 5.91 Å². The van der Waals surface area contributed by atoms with E-state index in [0.717, 1.165) is 37.7 Å². The van der Waals surface area contributed by atoms with Crippen LogP contribution in [-0.4, -0.2) is 20.1 Å². The Morgan fingerprint density at radius 3 is 1.43 bits per heavy atom. The Morgan fingerprint density at radius 2 is 1.03 bits per heavy atom. The number of rotatable bonds is 19. The molecule has 0 aliphatic carbocycles. The Bertz CT molecular complexity index is 668. The van der Waals surface area contributed by atoms with Crippen LogP contribution in [-0.2, 0) is 14.6 Å². The van der Waals surface area contributed by atoms with Crippen molar-refractivity contribution >= 4 is 15.7 Å². The summed E-state index contributed by atoms with van der Waals surface area (Å²) in [6.45, 7) is 1.97. The van der Waals surface area contributed by atoms with E-state index in [0.29, 0.717) is 11.3 Å². The van der Waals surface area contributed by atoms with E-state index in [1.165, 1.54) is 64.2 Å². The largest absolute Gasteiger partial charge is 0.370 e. The predicted molar refractivity (Wildman–Crippen MR) is 126 cm³/mol. The number of hydrogen-bond donors (Lipinski definition) is 1. The fourth-order valence-corrected chi connectivity index (χ4v) is 5.12. The van der Waals surface area contributed by atoms with Crippen LogP contribution < -0.4 is 5.73 Å². The number of primary amides is 1. The van der Waals surface area contributed by atoms with Crippen molar-refractivity contribution < 1.29 is 13.2 Å². The van der Waals surface area contributed by atoms with Gasteiger partial charge in [-0.3, -0.25) is 4.79 Å². The molecular weight excluding hydrogens is 394 g/mol. The summed E-state index contributed by atoms with van der Waals surface area (Å²) < 4.78 is 24.6. The van der Waals surface area contributed by atoms with Crippen molar-refractivity contribution in [2.24, 2.45) is 5.73 Å². The third-order valence-electron chi connectivity index (χ3n) is 5.72. The molecule has 0 heterocycles. The minimum absolute atomic E-state index is 0.180. The van der Waals surface area contributed by atoms with E-state index in [1.54, 1.807) is 12.1 Å². The molecule has 0 fully saturated rings. The summed E-state index contributed by atoms with van der Waals surface area (Å²) >= 11 is 0. The highest BCUT2D eigenvalue weighted by Crippen LogP contribution is 2.16. The number of amides is 1. The highest BCUT2D eigenvalue weighted by atomic mass is 32.2. The third kappa shape index (κ3) is 13.8. The van der Waals surface area contributed by atoms with Gasteiger partial charge in [0.1, 0.15) is 0 Å². The van der Waals surface area contributed by atoms with Crippen LogP contribution in [0.4, 0.5) is 0 Å². The van der Waals surface area contributed by atoms with Gasteiger partial charge in [-0.2, -0.15) is 0 Å². The molecule has 0 bridgehead atoms. The summed E-state index contributed by atoms with van der Waals surface area (Å²) in [5.74, 6) is 0.0855. The minimum atomic E-state index is -3.12. The first-order chi connectivity index (χ1) is 14.4. The molecule has 1 aromatic rings. The van der Waals surface area contributed by atoms with Crippen molar-refractivity contribution in [2.75, 3.05) is 5.75 Å². The van der Waals surface area contributed by atoms with Crippen molar-refractivity contribution in [3.63, 3.8) is 0 Å². The van der Waals surface area contributed by atoms with Gasteiger partial charge >= 0.3 is 0 Å². The van der Waals surface area contributed by atoms with E-state index < -0.39 is 9.84 Å². The van der Waals surface area contributed by atoms with Gasteiger partial charge in [-0.15, -0.1) is 0 Å². The molecule has 0 unspecified atom stereocenters. The number of benzene rings is 1. The number of hydrogen-bond acceptors (Lipinski definition) is 3. The fourth-order valence-electron chi connectivity index (χ4n) is 3.75. The van der Waals surface area contributed by atoms with E-state index in [-0.39, 0.29) is 11.7 Å². The number of carbonyl (C=O) groups excluding carboxylic acids is 1. The average Bonchev–Trinajstić information content (AvgIpc) is 2.70. The summed E-state index contributed by atoms with van der Waals surface area (Å²) in [6.07, 6.45) is 18.4. The van der Waals surface area contributed by atoms with Gasteiger partial charge in [-0.05, 0) is 31.9 Å². The normalized spacial score (nSPS) is 11.6. The maximum atomic E-state index is 12.3. The zero-order chi connectivity index (χ0) is 22.1. The van der Waals surface area contributed by atoms with Crippen molar-refractivity contribution in [1.29, 1.82) is 0 Å². The maximum absolute atomic E-state index is 12.3. The molecule has 0 spiro atoms. The van der Waals surface area contributed by atoms with Crippen molar-refractivity contribution in [2.45, 2.75) is 115 Å². The number of carbonyl (C=O) groups is 1. The lowest BCUT2D eigenvalue weighted by Gasteiger charge is -2.05. The second-order valence-electron chi connectivity index (χ2n) is 8.65. The van der Waals surface area contributed by atoms with Crippen LogP contribution in [0.5, 0.6) is 0 Å². The standard InChI is InChI=1S/C25H43NO3S/c1-23-18-20-24(21-19-23)30(28,29)22-16-14-12-10-8-6-4-2-3-5-7-9-11-13-15-17-25(26)27/h18-21H,2-17,22H2,1H3,(H2,26,27). The molecule has 2 N–H and O–H groups in total. The van der Waals surface area contributed by atoms with Gasteiger partial charge in [0.15, 0.2) is 9.84 Å². The SMILES string of the molecule is Cc1ccc(S(=O)(=O)CCCCCCCCCCCCCCCCCC(N)=O)cc1. The van der Waals surface area contributed by atoms with E-state index in [4.69, 9.17) is 5.73 Å². The van der Waals surface area contributed by atoms with Gasteiger partial charge < -0.3 is 5.73 Å². The summed E-state index contributed by atoms with van der Waals surface area (Å²) in [6, 6.07) is 7.17. The highest BCUT2D eigenvalue weighted by molar-refractivity contribution is 7.91. The van der Waals surface area contributed by atoms with Crippen LogP contribution in [0, 0.1) is 6.92 Å². The Hall–Kier alpha value is -1.36. The minimum Gasteiger partial charge on any atom is -0.370 e. The third-order valence-corrected chi connectivity index (χ3v) is 7.53. The van der Waals surface area contributed by atoms with Crippen molar-refractivity contribution in [3.05, 3.63) is 29.8 Å². The topological polar surface area (TPSA) is 77.2 Å². The van der Waals surface area contributed by atoms with Crippen LogP contribution in [0.3, 0.4) is 0 Å². The van der Waals surface area contributed by atoms with Crippen LogP contribution in [0.25, 0.3) is 0 Å². The monoisotopic (exact) mass is 437 g/mol. The molecular formula is C25H43NO3S. The Morgan fingerprint density at radius 1 is 0.667 bits per heavy atom. The van der Waals surface area contributed by atoms with E-state index in [1.807, 2.05) is 19.1 Å². The quantitative estimate of drug-likeness (QED) is 0.251. The van der Waals surface area contributed by atoms with Gasteiger partial charge in [-0.1, -0.05) is 101 Å². The molecule has 172 valence electrons. The zero-order valence-corrected chi connectivity index (χ0v) is 19.9. The zero-order valence-electron chi connectivity index (χ0n) is 19.0. The smallest absolute Gasteiger partial charge is 0.217 e. The molecule has 30 heavy (non-hydrogen) atoms. The average molecular weight is 438 g/mol. The molecule has 0 aromatic heterocycles. The van der Waals surface area contributed by atoms with Gasteiger partial charge in [0.25, 0.3) is 0 Å². The first-order valence-corrected chi connectivity index (χ1v) is 13.6. The molecule has 4 nitrogen and oxygen atoms in total. The van der Waals surface area contributed by atoms with E-state index >= 15 is 0 Å². The molecule has 0 atom stereocenters. The summed E-state index contributed by atoms with van der Waals surface area (Å²) in [4.78, 5) is 11.1. The lowest BCUT2D eigenvalue weighted by atomic mass is 10.0. The Labute approximate surface area is 184 Å². The molecule has 0 saturated heterocycles. The van der Waals surface area contributed by atoms with Gasteiger partial charge in [0, 0.05) is 6.42 Å². The molecule has 0 aliphatic heterocycles. The summed E-state index contributed by atoms with van der Waals surface area (Å²) in [7, 11) is -3.12. The fraction of sp³-hybridized carbons (Fsp3) is 0.720. The van der Waals surface area contributed by atoms with Crippen LogP contribution in [0.1, 0.15) is 108 Å².